The molecular formula is C22H21N3O4S2. The molecule has 1 saturated heterocycles. The van der Waals surface area contributed by atoms with Gasteiger partial charge in [-0.1, -0.05) is 24.3 Å². The summed E-state index contributed by atoms with van der Waals surface area (Å²) in [5.74, 6) is -0.698. The Morgan fingerprint density at radius 1 is 1.16 bits per heavy atom. The zero-order valence-electron chi connectivity index (χ0n) is 16.8. The fourth-order valence-electron chi connectivity index (χ4n) is 3.62. The smallest absolute Gasteiger partial charge is 0.325 e. The minimum Gasteiger partial charge on any atom is -0.325 e. The van der Waals surface area contributed by atoms with Crippen LogP contribution in [-0.2, 0) is 16.0 Å². The normalized spacial score (nSPS) is 20.2. The number of carbonyl (C=O) groups is 4. The van der Waals surface area contributed by atoms with E-state index < -0.39 is 17.3 Å². The van der Waals surface area contributed by atoms with Crippen molar-refractivity contribution in [1.82, 2.24) is 9.80 Å². The fourth-order valence-corrected chi connectivity index (χ4v) is 5.38. The van der Waals surface area contributed by atoms with Gasteiger partial charge in [-0.3, -0.25) is 19.3 Å². The second kappa shape index (κ2) is 9.07. The van der Waals surface area contributed by atoms with Crippen LogP contribution < -0.4 is 5.32 Å². The number of rotatable bonds is 7. The molecule has 4 amide bonds. The van der Waals surface area contributed by atoms with Gasteiger partial charge in [-0.2, -0.15) is 0 Å². The molecule has 2 aromatic rings. The lowest BCUT2D eigenvalue weighted by Gasteiger charge is -2.40. The van der Waals surface area contributed by atoms with Crippen molar-refractivity contribution in [2.75, 3.05) is 18.4 Å². The summed E-state index contributed by atoms with van der Waals surface area (Å²) < 4.78 is 0. The molecule has 0 radical (unpaired) electrons. The van der Waals surface area contributed by atoms with Crippen LogP contribution in [0.5, 0.6) is 0 Å². The molecule has 7 nitrogen and oxygen atoms in total. The third kappa shape index (κ3) is 4.57. The molecule has 0 saturated carbocycles. The van der Waals surface area contributed by atoms with E-state index >= 15 is 0 Å². The second-order valence-electron chi connectivity index (χ2n) is 7.29. The van der Waals surface area contributed by atoms with Crippen LogP contribution in [0, 0.1) is 0 Å². The summed E-state index contributed by atoms with van der Waals surface area (Å²) in [6.45, 7) is 1.55. The van der Waals surface area contributed by atoms with E-state index in [1.54, 1.807) is 41.7 Å². The van der Waals surface area contributed by atoms with Gasteiger partial charge in [-0.15, -0.1) is 23.1 Å². The van der Waals surface area contributed by atoms with Crippen LogP contribution in [-0.4, -0.2) is 57.8 Å². The molecule has 1 aromatic carbocycles. The fraction of sp³-hybridized carbons (Fsp3) is 0.273. The molecule has 3 heterocycles. The van der Waals surface area contributed by atoms with Gasteiger partial charge in [0.05, 0.1) is 6.04 Å². The molecule has 31 heavy (non-hydrogen) atoms. The lowest BCUT2D eigenvalue weighted by atomic mass is 10.1. The lowest BCUT2D eigenvalue weighted by molar-refractivity contribution is -0.132. The number of fused-ring (bicyclic) bond motifs is 1. The zero-order chi connectivity index (χ0) is 22.0. The molecule has 9 heteroatoms. The Labute approximate surface area is 188 Å². The predicted molar refractivity (Wildman–Crippen MR) is 121 cm³/mol. The topological polar surface area (TPSA) is 86.8 Å². The largest absolute Gasteiger partial charge is 0.327 e. The van der Waals surface area contributed by atoms with Crippen LogP contribution in [0.3, 0.4) is 0 Å². The second-order valence-corrected chi connectivity index (χ2v) is 9.38. The van der Waals surface area contributed by atoms with Crippen molar-refractivity contribution in [3.05, 3.63) is 63.7 Å². The first-order valence-electron chi connectivity index (χ1n) is 9.81. The molecule has 0 spiro atoms. The number of amides is 4. The first-order chi connectivity index (χ1) is 14.9. The van der Waals surface area contributed by atoms with Gasteiger partial charge in [-0.25, -0.2) is 4.79 Å². The number of imide groups is 1. The van der Waals surface area contributed by atoms with Crippen LogP contribution in [0.25, 0.3) is 0 Å². The van der Waals surface area contributed by atoms with Gasteiger partial charge in [-0.05, 0) is 42.3 Å². The van der Waals surface area contributed by atoms with Gasteiger partial charge in [0.15, 0.2) is 5.78 Å². The number of anilines is 1. The van der Waals surface area contributed by atoms with Gasteiger partial charge >= 0.3 is 6.03 Å². The highest BCUT2D eigenvalue weighted by Gasteiger charge is 2.47. The van der Waals surface area contributed by atoms with Crippen molar-refractivity contribution < 1.29 is 19.2 Å². The summed E-state index contributed by atoms with van der Waals surface area (Å²) in [6.07, 6.45) is 2.38. The summed E-state index contributed by atoms with van der Waals surface area (Å²) in [5, 5.41) is 6.08. The SMILES string of the molecule is CC(=O)c1cccc(NC(=O)CN2C(=O)N(CCc3cccs3)C(=O)C3SC=CC32)c1. The number of benzene rings is 1. The molecule has 1 N–H and O–H groups in total. The molecule has 160 valence electrons. The summed E-state index contributed by atoms with van der Waals surface area (Å²) in [4.78, 5) is 54.1. The number of Topliss-reactive ketones (excluding diaryl/α,β-unsaturated/α-hetero) is 1. The molecular weight excluding hydrogens is 434 g/mol. The molecule has 2 aliphatic rings. The minimum atomic E-state index is -0.456. The average Bonchev–Trinajstić information content (AvgIpc) is 3.43. The number of carbonyl (C=O) groups excluding carboxylic acids is 4. The van der Waals surface area contributed by atoms with E-state index in [0.29, 0.717) is 17.7 Å². The number of ketones is 1. The van der Waals surface area contributed by atoms with E-state index in [1.165, 1.54) is 28.5 Å². The van der Waals surface area contributed by atoms with Crippen molar-refractivity contribution in [2.45, 2.75) is 24.6 Å². The zero-order valence-corrected chi connectivity index (χ0v) is 18.4. The van der Waals surface area contributed by atoms with E-state index in [0.717, 1.165) is 4.88 Å². The molecule has 0 aliphatic carbocycles. The molecule has 0 bridgehead atoms. The number of urea groups is 1. The number of nitrogens with zero attached hydrogens (tertiary/aromatic N) is 2. The number of hydrogen-bond donors (Lipinski definition) is 1. The molecule has 2 unspecified atom stereocenters. The van der Waals surface area contributed by atoms with Crippen LogP contribution in [0.4, 0.5) is 10.5 Å². The van der Waals surface area contributed by atoms with Crippen molar-refractivity contribution in [3.8, 4) is 0 Å². The quantitative estimate of drug-likeness (QED) is 0.647. The van der Waals surface area contributed by atoms with Gasteiger partial charge in [0.1, 0.15) is 11.8 Å². The first kappa shape index (κ1) is 21.3. The maximum Gasteiger partial charge on any atom is 0.327 e. The number of hydrogen-bond acceptors (Lipinski definition) is 6. The van der Waals surface area contributed by atoms with Crippen molar-refractivity contribution in [3.63, 3.8) is 0 Å². The molecule has 2 atom stereocenters. The van der Waals surface area contributed by atoms with Gasteiger partial charge in [0.25, 0.3) is 0 Å². The van der Waals surface area contributed by atoms with Gasteiger partial charge in [0, 0.05) is 22.7 Å². The van der Waals surface area contributed by atoms with E-state index in [2.05, 4.69) is 5.32 Å². The first-order valence-corrected chi connectivity index (χ1v) is 11.6. The molecule has 1 fully saturated rings. The molecule has 4 rings (SSSR count). The Bertz CT molecular complexity index is 1050. The summed E-state index contributed by atoms with van der Waals surface area (Å²) >= 11 is 2.95. The Morgan fingerprint density at radius 2 is 2.00 bits per heavy atom. The lowest BCUT2D eigenvalue weighted by Crippen LogP contribution is -2.63. The summed E-state index contributed by atoms with van der Waals surface area (Å²) in [6, 6.07) is 9.66. The van der Waals surface area contributed by atoms with Crippen LogP contribution in [0.2, 0.25) is 0 Å². The van der Waals surface area contributed by atoms with E-state index in [-0.39, 0.29) is 30.7 Å². The van der Waals surface area contributed by atoms with Crippen molar-refractivity contribution >= 4 is 52.4 Å². The highest BCUT2D eigenvalue weighted by molar-refractivity contribution is 8.03. The number of thiophene rings is 1. The molecule has 2 aliphatic heterocycles. The van der Waals surface area contributed by atoms with Crippen LogP contribution in [0.15, 0.2) is 53.3 Å². The van der Waals surface area contributed by atoms with E-state index in [9.17, 15) is 19.2 Å². The molecule has 1 aromatic heterocycles. The van der Waals surface area contributed by atoms with Crippen LogP contribution in [0.1, 0.15) is 22.2 Å². The predicted octanol–water partition coefficient (Wildman–Crippen LogP) is 3.39. The standard InChI is InChI=1S/C22H21N3O4S2/c1-14(26)15-4-2-5-16(12-15)23-19(27)13-25-18-8-11-31-20(18)21(28)24(22(25)29)9-7-17-6-3-10-30-17/h2-6,8,10-12,18,20H,7,9,13H2,1H3,(H,23,27). The Hall–Kier alpha value is -2.91. The monoisotopic (exact) mass is 455 g/mol. The highest BCUT2D eigenvalue weighted by Crippen LogP contribution is 2.34. The Morgan fingerprint density at radius 3 is 2.74 bits per heavy atom. The maximum atomic E-state index is 13.1. The Balaban J connectivity index is 1.47. The number of nitrogens with one attached hydrogen (secondary N) is 1. The van der Waals surface area contributed by atoms with Crippen molar-refractivity contribution in [2.24, 2.45) is 0 Å². The highest BCUT2D eigenvalue weighted by atomic mass is 32.2. The van der Waals surface area contributed by atoms with Crippen molar-refractivity contribution in [1.29, 1.82) is 0 Å². The van der Waals surface area contributed by atoms with Gasteiger partial charge in [0.2, 0.25) is 11.8 Å². The van der Waals surface area contributed by atoms with E-state index in [1.807, 2.05) is 22.9 Å². The van der Waals surface area contributed by atoms with E-state index in [4.69, 9.17) is 0 Å². The summed E-state index contributed by atoms with van der Waals surface area (Å²) in [7, 11) is 0. The number of thioether (sulfide) groups is 1. The minimum absolute atomic E-state index is 0.0989. The maximum absolute atomic E-state index is 13.1. The third-order valence-corrected chi connectivity index (χ3v) is 7.21. The van der Waals surface area contributed by atoms with Crippen LogP contribution >= 0.6 is 23.1 Å². The third-order valence-electron chi connectivity index (χ3n) is 5.19. The average molecular weight is 456 g/mol. The van der Waals surface area contributed by atoms with Gasteiger partial charge < -0.3 is 10.2 Å². The summed E-state index contributed by atoms with van der Waals surface area (Å²) in [5.41, 5.74) is 0.980. The Kier molecular flexibility index (Phi) is 6.24.